The predicted octanol–water partition coefficient (Wildman–Crippen LogP) is 3.18. The third-order valence-electron chi connectivity index (χ3n) is 4.07. The highest BCUT2D eigenvalue weighted by Gasteiger charge is 2.53. The molecule has 3 nitrogen and oxygen atoms in total. The zero-order valence-corrected chi connectivity index (χ0v) is 14.0. The lowest BCUT2D eigenvalue weighted by atomic mass is 9.74. The quantitative estimate of drug-likeness (QED) is 0.591. The van der Waals surface area contributed by atoms with E-state index in [9.17, 15) is 9.59 Å². The molecule has 1 aromatic carbocycles. The lowest BCUT2D eigenvalue weighted by molar-refractivity contribution is -0.184. The van der Waals surface area contributed by atoms with Crippen molar-refractivity contribution >= 4 is 11.6 Å². The standard InChI is InChI=1S/C19H22O3/c1-7-8-13-9-10-14(12(2)11-13)15-16(20)18(3,4)22-19(5,6)17(15)21/h9-11,15H,1-6H3. The van der Waals surface area contributed by atoms with E-state index in [2.05, 4.69) is 11.8 Å². The van der Waals surface area contributed by atoms with Gasteiger partial charge in [-0.1, -0.05) is 12.0 Å². The molecule has 1 fully saturated rings. The number of ketones is 2. The van der Waals surface area contributed by atoms with Gasteiger partial charge in [-0.2, -0.15) is 0 Å². The summed E-state index contributed by atoms with van der Waals surface area (Å²) in [5.74, 6) is 4.69. The Hall–Kier alpha value is -1.92. The lowest BCUT2D eigenvalue weighted by Crippen LogP contribution is -2.57. The minimum atomic E-state index is -0.976. The van der Waals surface area contributed by atoms with Gasteiger partial charge in [0.1, 0.15) is 17.1 Å². The number of hydrogen-bond donors (Lipinski definition) is 0. The minimum absolute atomic E-state index is 0.186. The second-order valence-electron chi connectivity index (χ2n) is 6.73. The van der Waals surface area contributed by atoms with Crippen LogP contribution >= 0.6 is 0 Å². The van der Waals surface area contributed by atoms with Crippen LogP contribution in [0.3, 0.4) is 0 Å². The second kappa shape index (κ2) is 5.37. The van der Waals surface area contributed by atoms with Crippen molar-refractivity contribution in [1.82, 2.24) is 0 Å². The number of benzene rings is 1. The third-order valence-corrected chi connectivity index (χ3v) is 4.07. The van der Waals surface area contributed by atoms with Crippen LogP contribution in [-0.4, -0.2) is 22.8 Å². The zero-order chi connectivity index (χ0) is 16.7. The average molecular weight is 298 g/mol. The van der Waals surface area contributed by atoms with Crippen molar-refractivity contribution in [3.63, 3.8) is 0 Å². The van der Waals surface area contributed by atoms with Crippen LogP contribution < -0.4 is 0 Å². The van der Waals surface area contributed by atoms with Gasteiger partial charge in [0.15, 0.2) is 11.6 Å². The smallest absolute Gasteiger partial charge is 0.179 e. The SMILES string of the molecule is CC#Cc1ccc(C2C(=O)C(C)(C)OC(C)(C)C2=O)c(C)c1. The molecule has 2 rings (SSSR count). The number of hydrogen-bond acceptors (Lipinski definition) is 3. The highest BCUT2D eigenvalue weighted by Crippen LogP contribution is 2.39. The molecule has 0 saturated carbocycles. The number of Topliss-reactive ketones (excluding diaryl/α,β-unsaturated/α-hetero) is 2. The summed E-state index contributed by atoms with van der Waals surface area (Å²) < 4.78 is 5.72. The van der Waals surface area contributed by atoms with Crippen molar-refractivity contribution in [2.45, 2.75) is 58.7 Å². The maximum Gasteiger partial charge on any atom is 0.179 e. The summed E-state index contributed by atoms with van der Waals surface area (Å²) in [4.78, 5) is 25.5. The summed E-state index contributed by atoms with van der Waals surface area (Å²) in [5, 5.41) is 0. The molecular weight excluding hydrogens is 276 g/mol. The molecule has 0 amide bonds. The summed E-state index contributed by atoms with van der Waals surface area (Å²) in [5.41, 5.74) is 0.586. The molecular formula is C19H22O3. The van der Waals surface area contributed by atoms with Gasteiger partial charge in [-0.15, -0.1) is 5.92 Å². The first-order chi connectivity index (χ1) is 10.1. The van der Waals surface area contributed by atoms with Crippen LogP contribution in [0, 0.1) is 18.8 Å². The highest BCUT2D eigenvalue weighted by molar-refractivity contribution is 6.15. The molecule has 1 aromatic rings. The van der Waals surface area contributed by atoms with Gasteiger partial charge < -0.3 is 4.74 Å². The molecule has 0 spiro atoms. The normalized spacial score (nSPS) is 20.5. The summed E-state index contributed by atoms with van der Waals surface area (Å²) in [7, 11) is 0. The Morgan fingerprint density at radius 3 is 2.05 bits per heavy atom. The fourth-order valence-electron chi connectivity index (χ4n) is 3.06. The average Bonchev–Trinajstić information content (AvgIpc) is 2.39. The van der Waals surface area contributed by atoms with Crippen molar-refractivity contribution in [3.05, 3.63) is 34.9 Å². The van der Waals surface area contributed by atoms with Gasteiger partial charge in [0.25, 0.3) is 0 Å². The maximum absolute atomic E-state index is 12.7. The summed E-state index contributed by atoms with van der Waals surface area (Å²) in [6.45, 7) is 10.6. The molecule has 1 aliphatic heterocycles. The number of ether oxygens (including phenoxy) is 1. The number of carbonyl (C=O) groups is 2. The van der Waals surface area contributed by atoms with Crippen LogP contribution in [0.4, 0.5) is 0 Å². The Morgan fingerprint density at radius 1 is 1.05 bits per heavy atom. The van der Waals surface area contributed by atoms with E-state index in [4.69, 9.17) is 4.74 Å². The zero-order valence-electron chi connectivity index (χ0n) is 14.0. The van der Waals surface area contributed by atoms with Crippen LogP contribution in [-0.2, 0) is 14.3 Å². The molecule has 0 unspecified atom stereocenters. The molecule has 1 saturated heterocycles. The van der Waals surface area contributed by atoms with Gasteiger partial charge in [0.2, 0.25) is 0 Å². The number of carbonyl (C=O) groups excluding carboxylic acids is 2. The number of rotatable bonds is 1. The van der Waals surface area contributed by atoms with Gasteiger partial charge in [-0.3, -0.25) is 9.59 Å². The van der Waals surface area contributed by atoms with Gasteiger partial charge in [-0.05, 0) is 64.8 Å². The Bertz CT molecular complexity index is 673. The van der Waals surface area contributed by atoms with Crippen LogP contribution in [0.2, 0.25) is 0 Å². The fourth-order valence-corrected chi connectivity index (χ4v) is 3.06. The van der Waals surface area contributed by atoms with E-state index in [1.807, 2.05) is 25.1 Å². The van der Waals surface area contributed by atoms with Gasteiger partial charge >= 0.3 is 0 Å². The minimum Gasteiger partial charge on any atom is -0.354 e. The molecule has 116 valence electrons. The first kappa shape index (κ1) is 16.5. The second-order valence-corrected chi connectivity index (χ2v) is 6.73. The van der Waals surface area contributed by atoms with Crippen LogP contribution in [0.1, 0.15) is 57.2 Å². The molecule has 0 aliphatic carbocycles. The van der Waals surface area contributed by atoms with Gasteiger partial charge in [-0.25, -0.2) is 0 Å². The Morgan fingerprint density at radius 2 is 1.59 bits per heavy atom. The summed E-state index contributed by atoms with van der Waals surface area (Å²) in [6, 6.07) is 5.61. The van der Waals surface area contributed by atoms with Crippen molar-refractivity contribution in [2.75, 3.05) is 0 Å². The molecule has 0 atom stereocenters. The first-order valence-corrected chi connectivity index (χ1v) is 7.42. The molecule has 1 heterocycles. The van der Waals surface area contributed by atoms with E-state index in [0.717, 1.165) is 16.7 Å². The molecule has 22 heavy (non-hydrogen) atoms. The molecule has 1 aliphatic rings. The number of aryl methyl sites for hydroxylation is 1. The molecule has 3 heteroatoms. The van der Waals surface area contributed by atoms with Crippen molar-refractivity contribution in [2.24, 2.45) is 0 Å². The van der Waals surface area contributed by atoms with E-state index in [1.165, 1.54) is 0 Å². The first-order valence-electron chi connectivity index (χ1n) is 7.42. The molecule has 0 radical (unpaired) electrons. The topological polar surface area (TPSA) is 43.4 Å². The highest BCUT2D eigenvalue weighted by atomic mass is 16.5. The monoisotopic (exact) mass is 298 g/mol. The molecule has 0 aromatic heterocycles. The summed E-state index contributed by atoms with van der Waals surface area (Å²) >= 11 is 0. The van der Waals surface area contributed by atoms with E-state index >= 15 is 0 Å². The van der Waals surface area contributed by atoms with Crippen molar-refractivity contribution < 1.29 is 14.3 Å². The van der Waals surface area contributed by atoms with Crippen molar-refractivity contribution in [1.29, 1.82) is 0 Å². The Kier molecular flexibility index (Phi) is 4.02. The van der Waals surface area contributed by atoms with E-state index in [1.54, 1.807) is 34.6 Å². The fraction of sp³-hybridized carbons (Fsp3) is 0.474. The van der Waals surface area contributed by atoms with E-state index < -0.39 is 17.1 Å². The van der Waals surface area contributed by atoms with Crippen molar-refractivity contribution in [3.8, 4) is 11.8 Å². The van der Waals surface area contributed by atoms with E-state index in [-0.39, 0.29) is 11.6 Å². The Labute approximate surface area is 132 Å². The van der Waals surface area contributed by atoms with E-state index in [0.29, 0.717) is 0 Å². The summed E-state index contributed by atoms with van der Waals surface area (Å²) in [6.07, 6.45) is 0. The Balaban J connectivity index is 2.55. The van der Waals surface area contributed by atoms with Crippen LogP contribution in [0.5, 0.6) is 0 Å². The van der Waals surface area contributed by atoms with Gasteiger partial charge in [0.05, 0.1) is 0 Å². The van der Waals surface area contributed by atoms with Gasteiger partial charge in [0, 0.05) is 5.56 Å². The maximum atomic E-state index is 12.7. The lowest BCUT2D eigenvalue weighted by Gasteiger charge is -2.43. The third kappa shape index (κ3) is 2.71. The van der Waals surface area contributed by atoms with Crippen LogP contribution in [0.25, 0.3) is 0 Å². The molecule has 0 bridgehead atoms. The molecule has 0 N–H and O–H groups in total. The predicted molar refractivity (Wildman–Crippen MR) is 85.7 cm³/mol. The van der Waals surface area contributed by atoms with Crippen LogP contribution in [0.15, 0.2) is 18.2 Å². The largest absolute Gasteiger partial charge is 0.354 e.